The predicted molar refractivity (Wildman–Crippen MR) is 69.5 cm³/mol. The number of ether oxygens (including phenoxy) is 1. The minimum absolute atomic E-state index is 0.181. The largest absolute Gasteiger partial charge is 0.372 e. The van der Waals surface area contributed by atoms with E-state index < -0.39 is 0 Å². The lowest BCUT2D eigenvalue weighted by molar-refractivity contribution is 0.0496. The van der Waals surface area contributed by atoms with Crippen molar-refractivity contribution in [2.75, 3.05) is 13.2 Å². The van der Waals surface area contributed by atoms with Crippen LogP contribution in [-0.4, -0.2) is 19.2 Å². The normalized spacial score (nSPS) is 31.1. The summed E-state index contributed by atoms with van der Waals surface area (Å²) in [6.45, 7) is 6.17. The Morgan fingerprint density at radius 3 is 2.62 bits per heavy atom. The fraction of sp³-hybridized carbons (Fsp3) is 0.538. The van der Waals surface area contributed by atoms with Gasteiger partial charge in [-0.1, -0.05) is 35.0 Å². The number of rotatable bonds is 1. The molecule has 0 amide bonds. The number of hydrogen-bond acceptors (Lipinski definition) is 2. The van der Waals surface area contributed by atoms with Gasteiger partial charge in [-0.15, -0.1) is 0 Å². The van der Waals surface area contributed by atoms with Crippen LogP contribution in [-0.2, 0) is 4.74 Å². The van der Waals surface area contributed by atoms with Gasteiger partial charge in [-0.2, -0.15) is 0 Å². The molecule has 1 aliphatic heterocycles. The Balaban J connectivity index is 2.07. The van der Waals surface area contributed by atoms with Crippen molar-refractivity contribution in [3.8, 4) is 0 Å². The molecular formula is C13H18BrNO. The lowest BCUT2D eigenvalue weighted by Crippen LogP contribution is -2.32. The molecular weight excluding hydrogens is 266 g/mol. The highest BCUT2D eigenvalue weighted by atomic mass is 79.9. The first-order valence-corrected chi connectivity index (χ1v) is 6.56. The summed E-state index contributed by atoms with van der Waals surface area (Å²) in [5.74, 6) is 0.570. The monoisotopic (exact) mass is 283 g/mol. The summed E-state index contributed by atoms with van der Waals surface area (Å²) >= 11 is 3.45. The Morgan fingerprint density at radius 1 is 1.25 bits per heavy atom. The molecule has 88 valence electrons. The van der Waals surface area contributed by atoms with Crippen molar-refractivity contribution in [3.05, 3.63) is 34.3 Å². The molecule has 0 saturated carbocycles. The third-order valence-corrected chi connectivity index (χ3v) is 3.81. The van der Waals surface area contributed by atoms with Crippen molar-refractivity contribution in [2.45, 2.75) is 26.0 Å². The maximum atomic E-state index is 5.93. The number of hydrogen-bond donors (Lipinski definition) is 1. The summed E-state index contributed by atoms with van der Waals surface area (Å²) in [6.07, 6.45) is 0.181. The van der Waals surface area contributed by atoms with E-state index in [2.05, 4.69) is 59.4 Å². The van der Waals surface area contributed by atoms with Crippen molar-refractivity contribution in [3.63, 3.8) is 0 Å². The first-order chi connectivity index (χ1) is 7.66. The zero-order valence-electron chi connectivity index (χ0n) is 9.74. The molecule has 1 aromatic rings. The quantitative estimate of drug-likeness (QED) is 0.855. The predicted octanol–water partition coefficient (Wildman–Crippen LogP) is 3.13. The van der Waals surface area contributed by atoms with Gasteiger partial charge < -0.3 is 10.1 Å². The molecule has 3 unspecified atom stereocenters. The molecule has 0 bridgehead atoms. The molecule has 2 nitrogen and oxygen atoms in total. The summed E-state index contributed by atoms with van der Waals surface area (Å²) in [6, 6.07) is 8.90. The van der Waals surface area contributed by atoms with Crippen molar-refractivity contribution >= 4 is 15.9 Å². The number of halogens is 1. The Bertz CT molecular complexity index is 326. The van der Waals surface area contributed by atoms with Crippen LogP contribution in [0.5, 0.6) is 0 Å². The van der Waals surface area contributed by atoms with Gasteiger partial charge >= 0.3 is 0 Å². The topological polar surface area (TPSA) is 21.3 Å². The van der Waals surface area contributed by atoms with Crippen LogP contribution in [0.15, 0.2) is 28.7 Å². The maximum Gasteiger partial charge on any atom is 0.0949 e. The van der Waals surface area contributed by atoms with Crippen LogP contribution in [0.2, 0.25) is 0 Å². The van der Waals surface area contributed by atoms with E-state index in [-0.39, 0.29) is 6.10 Å². The number of nitrogens with one attached hydrogen (secondary N) is 1. The molecule has 0 radical (unpaired) electrons. The van der Waals surface area contributed by atoms with Gasteiger partial charge in [0.1, 0.15) is 0 Å². The van der Waals surface area contributed by atoms with Crippen LogP contribution in [0.4, 0.5) is 0 Å². The van der Waals surface area contributed by atoms with Gasteiger partial charge in [-0.05, 0) is 30.5 Å². The molecule has 0 aromatic heterocycles. The van der Waals surface area contributed by atoms with Crippen LogP contribution < -0.4 is 5.32 Å². The lowest BCUT2D eigenvalue weighted by atomic mass is 10.1. The summed E-state index contributed by atoms with van der Waals surface area (Å²) in [5, 5.41) is 3.52. The average Bonchev–Trinajstić information content (AvgIpc) is 2.44. The summed E-state index contributed by atoms with van der Waals surface area (Å²) in [4.78, 5) is 0. The van der Waals surface area contributed by atoms with Crippen LogP contribution >= 0.6 is 15.9 Å². The fourth-order valence-corrected chi connectivity index (χ4v) is 2.12. The van der Waals surface area contributed by atoms with Crippen molar-refractivity contribution in [2.24, 2.45) is 5.92 Å². The van der Waals surface area contributed by atoms with Gasteiger partial charge in [-0.3, -0.25) is 0 Å². The Morgan fingerprint density at radius 2 is 1.94 bits per heavy atom. The van der Waals surface area contributed by atoms with Crippen LogP contribution in [0, 0.1) is 5.92 Å². The molecule has 0 aliphatic carbocycles. The van der Waals surface area contributed by atoms with Gasteiger partial charge in [0, 0.05) is 17.1 Å². The Labute approximate surface area is 106 Å². The molecule has 0 spiro atoms. The highest BCUT2D eigenvalue weighted by Crippen LogP contribution is 2.23. The zero-order valence-corrected chi connectivity index (χ0v) is 11.3. The van der Waals surface area contributed by atoms with Gasteiger partial charge in [0.25, 0.3) is 0 Å². The molecule has 1 fully saturated rings. The molecule has 3 heteroatoms. The minimum Gasteiger partial charge on any atom is -0.372 e. The van der Waals surface area contributed by atoms with E-state index in [0.29, 0.717) is 12.0 Å². The second-order valence-electron chi connectivity index (χ2n) is 4.55. The molecule has 1 heterocycles. The maximum absolute atomic E-state index is 5.93. The summed E-state index contributed by atoms with van der Waals surface area (Å²) < 4.78 is 7.04. The second kappa shape index (κ2) is 5.30. The summed E-state index contributed by atoms with van der Waals surface area (Å²) in [7, 11) is 0. The lowest BCUT2D eigenvalue weighted by Gasteiger charge is -2.15. The molecule has 2 rings (SSSR count). The molecule has 1 aliphatic rings. The third kappa shape index (κ3) is 2.84. The summed E-state index contributed by atoms with van der Waals surface area (Å²) in [5.41, 5.74) is 1.25. The molecule has 16 heavy (non-hydrogen) atoms. The van der Waals surface area contributed by atoms with Gasteiger partial charge in [0.05, 0.1) is 12.7 Å². The molecule has 1 N–H and O–H groups in total. The van der Waals surface area contributed by atoms with Gasteiger partial charge in [0.2, 0.25) is 0 Å². The highest BCUT2D eigenvalue weighted by Gasteiger charge is 2.22. The Kier molecular flexibility index (Phi) is 4.00. The zero-order chi connectivity index (χ0) is 11.5. The van der Waals surface area contributed by atoms with E-state index in [4.69, 9.17) is 4.74 Å². The minimum atomic E-state index is 0.181. The van der Waals surface area contributed by atoms with Crippen LogP contribution in [0.25, 0.3) is 0 Å². The van der Waals surface area contributed by atoms with E-state index in [1.54, 1.807) is 0 Å². The van der Waals surface area contributed by atoms with E-state index in [1.165, 1.54) is 5.56 Å². The van der Waals surface area contributed by atoms with Gasteiger partial charge in [-0.25, -0.2) is 0 Å². The SMILES string of the molecule is CC1COC(c2ccc(Br)cc2)CNC1C. The molecule has 3 atom stereocenters. The van der Waals surface area contributed by atoms with Crippen molar-refractivity contribution < 1.29 is 4.74 Å². The smallest absolute Gasteiger partial charge is 0.0949 e. The first-order valence-electron chi connectivity index (χ1n) is 5.77. The van der Waals surface area contributed by atoms with E-state index in [1.807, 2.05) is 0 Å². The van der Waals surface area contributed by atoms with E-state index in [9.17, 15) is 0 Å². The first kappa shape index (κ1) is 12.1. The number of benzene rings is 1. The van der Waals surface area contributed by atoms with Gasteiger partial charge in [0.15, 0.2) is 0 Å². The standard InChI is InChI=1S/C13H18BrNO/c1-9-8-16-13(7-15-10(9)2)11-3-5-12(14)6-4-11/h3-6,9-10,13,15H,7-8H2,1-2H3. The average molecular weight is 284 g/mol. The van der Waals surface area contributed by atoms with Crippen molar-refractivity contribution in [1.29, 1.82) is 0 Å². The van der Waals surface area contributed by atoms with Crippen LogP contribution in [0.1, 0.15) is 25.5 Å². The highest BCUT2D eigenvalue weighted by molar-refractivity contribution is 9.10. The molecule has 1 aromatic carbocycles. The third-order valence-electron chi connectivity index (χ3n) is 3.28. The Hall–Kier alpha value is -0.380. The van der Waals surface area contributed by atoms with E-state index in [0.717, 1.165) is 17.6 Å². The molecule has 1 saturated heterocycles. The van der Waals surface area contributed by atoms with E-state index >= 15 is 0 Å². The fourth-order valence-electron chi connectivity index (χ4n) is 1.86. The second-order valence-corrected chi connectivity index (χ2v) is 5.46. The van der Waals surface area contributed by atoms with Crippen molar-refractivity contribution in [1.82, 2.24) is 5.32 Å². The van der Waals surface area contributed by atoms with Crippen LogP contribution in [0.3, 0.4) is 0 Å².